The Morgan fingerprint density at radius 3 is 2.82 bits per heavy atom. The summed E-state index contributed by atoms with van der Waals surface area (Å²) < 4.78 is 0. The molecule has 0 aliphatic carbocycles. The minimum Gasteiger partial charge on any atom is -0.481 e. The highest BCUT2D eigenvalue weighted by atomic mass is 35.5. The number of terminal acetylenes is 1. The first-order chi connectivity index (χ1) is 8.04. The predicted molar refractivity (Wildman–Crippen MR) is 69.5 cm³/mol. The Bertz CT molecular complexity index is 451. The van der Waals surface area contributed by atoms with Crippen LogP contribution in [0, 0.1) is 19.3 Å². The number of benzene rings is 1. The maximum Gasteiger partial charge on any atom is 0.305 e. The van der Waals surface area contributed by atoms with Crippen LogP contribution in [0.5, 0.6) is 0 Å². The van der Waals surface area contributed by atoms with E-state index in [0.717, 1.165) is 11.3 Å². The number of aryl methyl sites for hydroxylation is 1. The predicted octanol–water partition coefficient (Wildman–Crippen LogP) is 2.56. The second kappa shape index (κ2) is 6.17. The second-order valence-electron chi connectivity index (χ2n) is 3.70. The molecule has 0 spiro atoms. The number of carbonyl (C=O) groups is 1. The molecular formula is C13H14ClNO2. The summed E-state index contributed by atoms with van der Waals surface area (Å²) >= 11 is 5.87. The first-order valence-electron chi connectivity index (χ1n) is 5.21. The molecule has 0 aliphatic heterocycles. The molecule has 0 amide bonds. The van der Waals surface area contributed by atoms with E-state index in [0.29, 0.717) is 18.1 Å². The maximum absolute atomic E-state index is 10.6. The van der Waals surface area contributed by atoms with Gasteiger partial charge in [-0.05, 0) is 30.7 Å². The summed E-state index contributed by atoms with van der Waals surface area (Å²) in [6, 6.07) is 5.46. The van der Waals surface area contributed by atoms with Gasteiger partial charge < -0.3 is 10.0 Å². The van der Waals surface area contributed by atoms with E-state index in [2.05, 4.69) is 5.92 Å². The van der Waals surface area contributed by atoms with Crippen LogP contribution in [0.4, 0.5) is 5.69 Å². The van der Waals surface area contributed by atoms with Crippen LogP contribution >= 0.6 is 11.6 Å². The molecule has 0 unspecified atom stereocenters. The van der Waals surface area contributed by atoms with Crippen LogP contribution in [-0.2, 0) is 4.79 Å². The molecule has 1 rings (SSSR count). The Hall–Kier alpha value is -1.66. The number of anilines is 1. The number of hydrogen-bond acceptors (Lipinski definition) is 2. The van der Waals surface area contributed by atoms with E-state index in [1.165, 1.54) is 0 Å². The van der Waals surface area contributed by atoms with Gasteiger partial charge >= 0.3 is 5.97 Å². The van der Waals surface area contributed by atoms with Crippen molar-refractivity contribution in [2.75, 3.05) is 18.0 Å². The summed E-state index contributed by atoms with van der Waals surface area (Å²) in [7, 11) is 0. The molecule has 0 atom stereocenters. The van der Waals surface area contributed by atoms with Crippen molar-refractivity contribution in [2.24, 2.45) is 0 Å². The van der Waals surface area contributed by atoms with Crippen LogP contribution in [0.1, 0.15) is 12.0 Å². The number of carboxylic acids is 1. The molecule has 0 heterocycles. The molecule has 17 heavy (non-hydrogen) atoms. The molecule has 1 aromatic rings. The molecule has 1 aromatic carbocycles. The van der Waals surface area contributed by atoms with Gasteiger partial charge in [0.2, 0.25) is 0 Å². The molecule has 0 aliphatic rings. The summed E-state index contributed by atoms with van der Waals surface area (Å²) in [5, 5.41) is 9.35. The highest BCUT2D eigenvalue weighted by Crippen LogP contribution is 2.23. The zero-order valence-corrected chi connectivity index (χ0v) is 10.4. The van der Waals surface area contributed by atoms with Crippen molar-refractivity contribution < 1.29 is 9.90 Å². The number of rotatable bonds is 5. The Morgan fingerprint density at radius 2 is 2.29 bits per heavy atom. The quantitative estimate of drug-likeness (QED) is 0.818. The molecule has 1 N–H and O–H groups in total. The van der Waals surface area contributed by atoms with E-state index in [9.17, 15) is 4.79 Å². The van der Waals surface area contributed by atoms with E-state index < -0.39 is 5.97 Å². The van der Waals surface area contributed by atoms with Crippen molar-refractivity contribution in [3.63, 3.8) is 0 Å². The fourth-order valence-corrected chi connectivity index (χ4v) is 1.83. The molecule has 90 valence electrons. The van der Waals surface area contributed by atoms with Gasteiger partial charge in [-0.15, -0.1) is 6.42 Å². The molecule has 3 nitrogen and oxygen atoms in total. The van der Waals surface area contributed by atoms with E-state index in [4.69, 9.17) is 23.1 Å². The number of aliphatic carboxylic acids is 1. The number of carboxylic acid groups (broad SMARTS) is 1. The lowest BCUT2D eigenvalue weighted by Crippen LogP contribution is -2.27. The lowest BCUT2D eigenvalue weighted by molar-refractivity contribution is -0.136. The summed E-state index contributed by atoms with van der Waals surface area (Å²) in [5.74, 6) is 1.70. The van der Waals surface area contributed by atoms with Gasteiger partial charge in [-0.25, -0.2) is 0 Å². The fraction of sp³-hybridized carbons (Fsp3) is 0.308. The highest BCUT2D eigenvalue weighted by Gasteiger charge is 2.10. The van der Waals surface area contributed by atoms with Gasteiger partial charge in [-0.2, -0.15) is 0 Å². The molecule has 0 bridgehead atoms. The zero-order chi connectivity index (χ0) is 12.8. The number of halogens is 1. The summed E-state index contributed by atoms with van der Waals surface area (Å²) in [4.78, 5) is 12.4. The van der Waals surface area contributed by atoms with Gasteiger partial charge in [-0.1, -0.05) is 17.5 Å². The van der Waals surface area contributed by atoms with Crippen LogP contribution in [0.25, 0.3) is 0 Å². The smallest absolute Gasteiger partial charge is 0.305 e. The largest absolute Gasteiger partial charge is 0.481 e. The van der Waals surface area contributed by atoms with Gasteiger partial charge in [0, 0.05) is 17.3 Å². The van der Waals surface area contributed by atoms with E-state index in [1.54, 1.807) is 6.07 Å². The Labute approximate surface area is 106 Å². The molecule has 0 aromatic heterocycles. The lowest BCUT2D eigenvalue weighted by atomic mass is 10.1. The molecule has 0 fully saturated rings. The van der Waals surface area contributed by atoms with Crippen LogP contribution in [-0.4, -0.2) is 24.2 Å². The molecular weight excluding hydrogens is 238 g/mol. The first-order valence-corrected chi connectivity index (χ1v) is 5.58. The third kappa shape index (κ3) is 4.01. The van der Waals surface area contributed by atoms with Crippen molar-refractivity contribution in [3.8, 4) is 12.3 Å². The van der Waals surface area contributed by atoms with E-state index in [1.807, 2.05) is 24.0 Å². The Balaban J connectivity index is 2.89. The Morgan fingerprint density at radius 1 is 1.59 bits per heavy atom. The SMILES string of the molecule is C#CCN(CCC(=O)O)c1ccc(Cl)cc1C. The lowest BCUT2D eigenvalue weighted by Gasteiger charge is -2.23. The van der Waals surface area contributed by atoms with Crippen LogP contribution in [0.2, 0.25) is 5.02 Å². The van der Waals surface area contributed by atoms with Gasteiger partial charge in [-0.3, -0.25) is 4.79 Å². The first kappa shape index (κ1) is 13.4. The monoisotopic (exact) mass is 251 g/mol. The van der Waals surface area contributed by atoms with Crippen molar-refractivity contribution in [2.45, 2.75) is 13.3 Å². The fourth-order valence-electron chi connectivity index (χ4n) is 1.60. The Kier molecular flexibility index (Phi) is 4.86. The van der Waals surface area contributed by atoms with Crippen molar-refractivity contribution in [1.82, 2.24) is 0 Å². The molecule has 0 saturated carbocycles. The molecule has 0 saturated heterocycles. The van der Waals surface area contributed by atoms with Crippen LogP contribution in [0.15, 0.2) is 18.2 Å². The van der Waals surface area contributed by atoms with Gasteiger partial charge in [0.1, 0.15) is 0 Å². The summed E-state index contributed by atoms with van der Waals surface area (Å²) in [5.41, 5.74) is 1.91. The summed E-state index contributed by atoms with van der Waals surface area (Å²) in [6.45, 7) is 2.70. The maximum atomic E-state index is 10.6. The van der Waals surface area contributed by atoms with E-state index >= 15 is 0 Å². The number of nitrogens with zero attached hydrogens (tertiary/aromatic N) is 1. The van der Waals surface area contributed by atoms with Gasteiger partial charge in [0.05, 0.1) is 13.0 Å². The minimum absolute atomic E-state index is 0.0593. The third-order valence-electron chi connectivity index (χ3n) is 2.38. The van der Waals surface area contributed by atoms with Gasteiger partial charge in [0.15, 0.2) is 0 Å². The molecule has 4 heteroatoms. The van der Waals surface area contributed by atoms with Crippen molar-refractivity contribution in [3.05, 3.63) is 28.8 Å². The topological polar surface area (TPSA) is 40.5 Å². The zero-order valence-electron chi connectivity index (χ0n) is 9.61. The number of hydrogen-bond donors (Lipinski definition) is 1. The third-order valence-corrected chi connectivity index (χ3v) is 2.61. The van der Waals surface area contributed by atoms with Crippen LogP contribution < -0.4 is 4.90 Å². The normalized spacial score (nSPS) is 9.71. The van der Waals surface area contributed by atoms with Crippen LogP contribution in [0.3, 0.4) is 0 Å². The summed E-state index contributed by atoms with van der Waals surface area (Å²) in [6.07, 6.45) is 5.35. The van der Waals surface area contributed by atoms with Crippen molar-refractivity contribution in [1.29, 1.82) is 0 Å². The van der Waals surface area contributed by atoms with E-state index in [-0.39, 0.29) is 6.42 Å². The standard InChI is InChI=1S/C13H14ClNO2/c1-3-7-15(8-6-13(16)17)12-5-4-11(14)9-10(12)2/h1,4-5,9H,6-8H2,2H3,(H,16,17). The highest BCUT2D eigenvalue weighted by molar-refractivity contribution is 6.30. The average molecular weight is 252 g/mol. The second-order valence-corrected chi connectivity index (χ2v) is 4.14. The minimum atomic E-state index is -0.835. The van der Waals surface area contributed by atoms with Gasteiger partial charge in [0.25, 0.3) is 0 Å². The van der Waals surface area contributed by atoms with Crippen molar-refractivity contribution >= 4 is 23.3 Å². The molecule has 0 radical (unpaired) electrons. The average Bonchev–Trinajstić information content (AvgIpc) is 2.24.